The molecule has 0 atom stereocenters. The molecule has 1 rings (SSSR count). The molecule has 6 heteroatoms. The van der Waals surface area contributed by atoms with Crippen LogP contribution >= 0.6 is 0 Å². The molecule has 1 amide bonds. The molecule has 0 saturated carbocycles. The molecule has 1 N–H and O–H groups in total. The van der Waals surface area contributed by atoms with Crippen LogP contribution < -0.4 is 4.74 Å². The first-order valence-electron chi connectivity index (χ1n) is 6.73. The normalized spacial score (nSPS) is 10.5. The second-order valence-electron chi connectivity index (χ2n) is 4.94. The molecule has 0 radical (unpaired) electrons. The molecule has 0 aliphatic carbocycles. The van der Waals surface area contributed by atoms with Crippen LogP contribution in [0.1, 0.15) is 37.0 Å². The minimum absolute atomic E-state index is 0.00647. The van der Waals surface area contributed by atoms with E-state index in [0.29, 0.717) is 13.0 Å². The molecule has 0 bridgehead atoms. The fourth-order valence-electron chi connectivity index (χ4n) is 1.96. The van der Waals surface area contributed by atoms with E-state index in [9.17, 15) is 14.0 Å². The van der Waals surface area contributed by atoms with Gasteiger partial charge < -0.3 is 14.7 Å². The maximum atomic E-state index is 13.7. The van der Waals surface area contributed by atoms with Crippen molar-refractivity contribution in [2.75, 3.05) is 13.7 Å². The Hall–Kier alpha value is -2.11. The van der Waals surface area contributed by atoms with Crippen LogP contribution in [0.15, 0.2) is 18.2 Å². The minimum atomic E-state index is -0.901. The summed E-state index contributed by atoms with van der Waals surface area (Å²) < 4.78 is 18.5. The van der Waals surface area contributed by atoms with Gasteiger partial charge in [0.25, 0.3) is 5.91 Å². The zero-order valence-corrected chi connectivity index (χ0v) is 12.4. The lowest BCUT2D eigenvalue weighted by Crippen LogP contribution is -2.38. The maximum absolute atomic E-state index is 13.7. The Morgan fingerprint density at radius 2 is 2.05 bits per heavy atom. The van der Waals surface area contributed by atoms with Gasteiger partial charge in [0.15, 0.2) is 11.6 Å². The fraction of sp³-hybridized carbons (Fsp3) is 0.467. The minimum Gasteiger partial charge on any atom is -0.494 e. The number of hydrogen-bond acceptors (Lipinski definition) is 3. The lowest BCUT2D eigenvalue weighted by molar-refractivity contribution is -0.137. The number of nitrogens with zero attached hydrogens (tertiary/aromatic N) is 1. The van der Waals surface area contributed by atoms with E-state index < -0.39 is 11.8 Å². The number of carboxylic acid groups (broad SMARTS) is 1. The molecule has 0 fully saturated rings. The summed E-state index contributed by atoms with van der Waals surface area (Å²) in [5.41, 5.74) is 0.220. The summed E-state index contributed by atoms with van der Waals surface area (Å²) in [6.07, 6.45) is 0.353. The zero-order chi connectivity index (χ0) is 16.0. The number of halogens is 1. The largest absolute Gasteiger partial charge is 0.494 e. The molecule has 0 aliphatic heterocycles. The average molecular weight is 297 g/mol. The second kappa shape index (κ2) is 7.61. The summed E-state index contributed by atoms with van der Waals surface area (Å²) in [5.74, 6) is -1.75. The van der Waals surface area contributed by atoms with Gasteiger partial charge in [-0.25, -0.2) is 4.39 Å². The summed E-state index contributed by atoms with van der Waals surface area (Å²) in [5, 5.41) is 8.65. The Balaban J connectivity index is 2.85. The highest BCUT2D eigenvalue weighted by molar-refractivity contribution is 5.94. The molecule has 116 valence electrons. The summed E-state index contributed by atoms with van der Waals surface area (Å²) in [6, 6.07) is 3.93. The van der Waals surface area contributed by atoms with Gasteiger partial charge in [-0.15, -0.1) is 0 Å². The van der Waals surface area contributed by atoms with E-state index in [2.05, 4.69) is 0 Å². The lowest BCUT2D eigenvalue weighted by Gasteiger charge is -2.26. The molecular weight excluding hydrogens is 277 g/mol. The standard InChI is InChI=1S/C15H20FNO4/c1-10(2)17(8-4-5-14(18)19)15(20)11-6-7-13(21-3)12(16)9-11/h6-7,9-10H,4-5,8H2,1-3H3,(H,18,19). The van der Waals surface area contributed by atoms with Gasteiger partial charge in [0.1, 0.15) is 0 Å². The predicted molar refractivity (Wildman–Crippen MR) is 76.0 cm³/mol. The highest BCUT2D eigenvalue weighted by Gasteiger charge is 2.20. The summed E-state index contributed by atoms with van der Waals surface area (Å²) in [4.78, 5) is 24.5. The zero-order valence-electron chi connectivity index (χ0n) is 12.4. The Morgan fingerprint density at radius 1 is 1.38 bits per heavy atom. The van der Waals surface area contributed by atoms with Crippen LogP contribution in [0.3, 0.4) is 0 Å². The number of benzene rings is 1. The molecule has 0 spiro atoms. The van der Waals surface area contributed by atoms with Crippen molar-refractivity contribution in [3.05, 3.63) is 29.6 Å². The summed E-state index contributed by atoms with van der Waals surface area (Å²) in [7, 11) is 1.35. The van der Waals surface area contributed by atoms with Crippen molar-refractivity contribution in [3.8, 4) is 5.75 Å². The van der Waals surface area contributed by atoms with Crippen LogP contribution in [0.4, 0.5) is 4.39 Å². The van der Waals surface area contributed by atoms with Gasteiger partial charge in [0, 0.05) is 24.6 Å². The van der Waals surface area contributed by atoms with Gasteiger partial charge in [-0.2, -0.15) is 0 Å². The van der Waals surface area contributed by atoms with Crippen molar-refractivity contribution in [2.24, 2.45) is 0 Å². The van der Waals surface area contributed by atoms with E-state index in [1.165, 1.54) is 24.1 Å². The third-order valence-corrected chi connectivity index (χ3v) is 3.07. The number of ether oxygens (including phenoxy) is 1. The lowest BCUT2D eigenvalue weighted by atomic mass is 10.1. The van der Waals surface area contributed by atoms with E-state index in [0.717, 1.165) is 6.07 Å². The third-order valence-electron chi connectivity index (χ3n) is 3.07. The van der Waals surface area contributed by atoms with Crippen molar-refractivity contribution in [1.29, 1.82) is 0 Å². The van der Waals surface area contributed by atoms with Gasteiger partial charge in [-0.3, -0.25) is 9.59 Å². The number of methoxy groups -OCH3 is 1. The molecule has 5 nitrogen and oxygen atoms in total. The van der Waals surface area contributed by atoms with Crippen LogP contribution in [0.25, 0.3) is 0 Å². The third kappa shape index (κ3) is 4.73. The SMILES string of the molecule is COc1ccc(C(=O)N(CCCC(=O)O)C(C)C)cc1F. The number of rotatable bonds is 7. The smallest absolute Gasteiger partial charge is 0.303 e. The number of hydrogen-bond donors (Lipinski definition) is 1. The van der Waals surface area contributed by atoms with Crippen LogP contribution in [-0.4, -0.2) is 41.6 Å². The first-order valence-corrected chi connectivity index (χ1v) is 6.73. The first-order chi connectivity index (χ1) is 9.86. The monoisotopic (exact) mass is 297 g/mol. The summed E-state index contributed by atoms with van der Waals surface area (Å²) >= 11 is 0. The predicted octanol–water partition coefficient (Wildman–Crippen LogP) is 2.55. The van der Waals surface area contributed by atoms with Gasteiger partial charge in [-0.1, -0.05) is 0 Å². The van der Waals surface area contributed by atoms with Crippen LogP contribution in [0, 0.1) is 5.82 Å². The topological polar surface area (TPSA) is 66.8 Å². The van der Waals surface area contributed by atoms with E-state index in [-0.39, 0.29) is 29.7 Å². The van der Waals surface area contributed by atoms with Crippen LogP contribution in [0.5, 0.6) is 5.75 Å². The van der Waals surface area contributed by atoms with Gasteiger partial charge in [0.2, 0.25) is 0 Å². The molecule has 1 aromatic rings. The van der Waals surface area contributed by atoms with E-state index >= 15 is 0 Å². The Morgan fingerprint density at radius 3 is 2.52 bits per heavy atom. The van der Waals surface area contributed by atoms with E-state index in [1.807, 2.05) is 13.8 Å². The Bertz CT molecular complexity index is 516. The fourth-order valence-corrected chi connectivity index (χ4v) is 1.96. The second-order valence-corrected chi connectivity index (χ2v) is 4.94. The van der Waals surface area contributed by atoms with Gasteiger partial charge in [-0.05, 0) is 38.5 Å². The molecule has 0 aliphatic rings. The van der Waals surface area contributed by atoms with E-state index in [1.54, 1.807) is 0 Å². The number of carbonyl (C=O) groups is 2. The molecule has 0 aromatic heterocycles. The van der Waals surface area contributed by atoms with Crippen LogP contribution in [-0.2, 0) is 4.79 Å². The molecular formula is C15H20FNO4. The van der Waals surface area contributed by atoms with Crippen molar-refractivity contribution < 1.29 is 23.8 Å². The first kappa shape index (κ1) is 16.9. The molecule has 0 saturated heterocycles. The molecule has 0 unspecified atom stereocenters. The van der Waals surface area contributed by atoms with Gasteiger partial charge >= 0.3 is 5.97 Å². The highest BCUT2D eigenvalue weighted by atomic mass is 19.1. The quantitative estimate of drug-likeness (QED) is 0.840. The Labute approximate surface area is 123 Å². The van der Waals surface area contributed by atoms with Gasteiger partial charge in [0.05, 0.1) is 7.11 Å². The summed E-state index contributed by atoms with van der Waals surface area (Å²) in [6.45, 7) is 3.98. The number of amides is 1. The highest BCUT2D eigenvalue weighted by Crippen LogP contribution is 2.19. The van der Waals surface area contributed by atoms with Crippen molar-refractivity contribution >= 4 is 11.9 Å². The van der Waals surface area contributed by atoms with Crippen molar-refractivity contribution in [1.82, 2.24) is 4.90 Å². The maximum Gasteiger partial charge on any atom is 0.303 e. The number of carboxylic acids is 1. The Kier molecular flexibility index (Phi) is 6.14. The number of aliphatic carboxylic acids is 1. The van der Waals surface area contributed by atoms with Crippen molar-refractivity contribution in [2.45, 2.75) is 32.7 Å². The molecule has 1 aromatic carbocycles. The van der Waals surface area contributed by atoms with Crippen LogP contribution in [0.2, 0.25) is 0 Å². The number of carbonyl (C=O) groups excluding carboxylic acids is 1. The molecule has 21 heavy (non-hydrogen) atoms. The van der Waals surface area contributed by atoms with E-state index in [4.69, 9.17) is 9.84 Å². The average Bonchev–Trinajstić information content (AvgIpc) is 2.42. The van der Waals surface area contributed by atoms with Crippen molar-refractivity contribution in [3.63, 3.8) is 0 Å². The molecule has 0 heterocycles.